The lowest BCUT2D eigenvalue weighted by Crippen LogP contribution is -2.16. The predicted octanol–water partition coefficient (Wildman–Crippen LogP) is 1.35. The lowest BCUT2D eigenvalue weighted by atomic mass is 10.2. The van der Waals surface area contributed by atoms with Gasteiger partial charge in [0.25, 0.3) is 17.5 Å². The number of aromatic nitrogens is 1. The number of carbonyl (C=O) groups is 2. The van der Waals surface area contributed by atoms with E-state index >= 15 is 0 Å². The number of nitro benzene ring substituents is 1. The van der Waals surface area contributed by atoms with Crippen molar-refractivity contribution in [1.82, 2.24) is 4.98 Å². The molecule has 2 aromatic rings. The maximum absolute atomic E-state index is 12.1. The number of carbonyl (C=O) groups excluding carboxylic acids is 2. The molecule has 0 radical (unpaired) electrons. The Labute approximate surface area is 130 Å². The van der Waals surface area contributed by atoms with Gasteiger partial charge in [-0.1, -0.05) is 0 Å². The second-order valence-corrected chi connectivity index (χ2v) is 4.39. The number of nitrogens with one attached hydrogen (secondary N) is 1. The molecule has 1 heterocycles. The van der Waals surface area contributed by atoms with Crippen LogP contribution in [0.1, 0.15) is 20.8 Å². The van der Waals surface area contributed by atoms with Gasteiger partial charge in [0, 0.05) is 12.3 Å². The molecule has 0 saturated heterocycles. The van der Waals surface area contributed by atoms with Gasteiger partial charge in [0.1, 0.15) is 11.4 Å². The molecule has 0 atom stereocenters. The number of amides is 2. The highest BCUT2D eigenvalue weighted by Gasteiger charge is 2.15. The molecule has 3 N–H and O–H groups in total. The Balaban J connectivity index is 2.22. The van der Waals surface area contributed by atoms with E-state index in [9.17, 15) is 19.7 Å². The monoisotopic (exact) mass is 316 g/mol. The van der Waals surface area contributed by atoms with E-state index in [1.54, 1.807) is 0 Å². The highest BCUT2D eigenvalue weighted by Crippen LogP contribution is 2.29. The van der Waals surface area contributed by atoms with Gasteiger partial charge in [0.15, 0.2) is 0 Å². The summed E-state index contributed by atoms with van der Waals surface area (Å²) in [5.74, 6) is -1.07. The standard InChI is InChI=1S/C14H12N4O5/c1-23-12-6-9(18(21)22)3-5-10(12)17-14(20)8-2-4-11(13(15)19)16-7-8/h2-7H,1H3,(H2,15,19)(H,17,20). The molecule has 0 fully saturated rings. The summed E-state index contributed by atoms with van der Waals surface area (Å²) in [5, 5.41) is 13.3. The first-order valence-electron chi connectivity index (χ1n) is 6.32. The lowest BCUT2D eigenvalue weighted by molar-refractivity contribution is -0.384. The van der Waals surface area contributed by atoms with Gasteiger partial charge in [-0.05, 0) is 18.2 Å². The van der Waals surface area contributed by atoms with Gasteiger partial charge >= 0.3 is 0 Å². The second-order valence-electron chi connectivity index (χ2n) is 4.39. The van der Waals surface area contributed by atoms with Crippen LogP contribution in [0, 0.1) is 10.1 Å². The molecule has 118 valence electrons. The van der Waals surface area contributed by atoms with Crippen LogP contribution in [0.3, 0.4) is 0 Å². The Kier molecular flexibility index (Phi) is 4.50. The van der Waals surface area contributed by atoms with E-state index in [1.165, 1.54) is 43.6 Å². The van der Waals surface area contributed by atoms with Crippen LogP contribution >= 0.6 is 0 Å². The summed E-state index contributed by atoms with van der Waals surface area (Å²) in [4.78, 5) is 37.0. The Hall–Kier alpha value is -3.49. The molecule has 0 unspecified atom stereocenters. The van der Waals surface area contributed by atoms with E-state index in [0.717, 1.165) is 0 Å². The number of hydrogen-bond donors (Lipinski definition) is 2. The summed E-state index contributed by atoms with van der Waals surface area (Å²) in [6.07, 6.45) is 1.20. The van der Waals surface area contributed by atoms with Gasteiger partial charge < -0.3 is 15.8 Å². The summed E-state index contributed by atoms with van der Waals surface area (Å²) in [6.45, 7) is 0. The van der Waals surface area contributed by atoms with Crippen LogP contribution in [0.2, 0.25) is 0 Å². The van der Waals surface area contributed by atoms with E-state index in [2.05, 4.69) is 10.3 Å². The van der Waals surface area contributed by atoms with Crippen LogP contribution in [0.25, 0.3) is 0 Å². The third-order valence-electron chi connectivity index (χ3n) is 2.92. The van der Waals surface area contributed by atoms with Crippen molar-refractivity contribution in [3.05, 3.63) is 57.9 Å². The fourth-order valence-electron chi connectivity index (χ4n) is 1.77. The van der Waals surface area contributed by atoms with Gasteiger partial charge in [-0.15, -0.1) is 0 Å². The normalized spacial score (nSPS) is 9.96. The Bertz CT molecular complexity index is 773. The first-order valence-corrected chi connectivity index (χ1v) is 6.32. The molecule has 2 amide bonds. The van der Waals surface area contributed by atoms with Crippen LogP contribution < -0.4 is 15.8 Å². The zero-order chi connectivity index (χ0) is 17.0. The summed E-state index contributed by atoms with van der Waals surface area (Å²) in [7, 11) is 1.33. The van der Waals surface area contributed by atoms with Crippen molar-refractivity contribution in [2.75, 3.05) is 12.4 Å². The van der Waals surface area contributed by atoms with Crippen molar-refractivity contribution < 1.29 is 19.2 Å². The molecule has 1 aromatic heterocycles. The average molecular weight is 316 g/mol. The van der Waals surface area contributed by atoms with Gasteiger partial charge in [-0.2, -0.15) is 0 Å². The van der Waals surface area contributed by atoms with Crippen molar-refractivity contribution >= 4 is 23.2 Å². The van der Waals surface area contributed by atoms with Crippen LogP contribution in [0.4, 0.5) is 11.4 Å². The second kappa shape index (κ2) is 6.52. The number of anilines is 1. The van der Waals surface area contributed by atoms with Gasteiger partial charge in [-0.25, -0.2) is 0 Å². The minimum absolute atomic E-state index is 0.0365. The topological polar surface area (TPSA) is 137 Å². The van der Waals surface area contributed by atoms with Gasteiger partial charge in [0.2, 0.25) is 0 Å². The Morgan fingerprint density at radius 2 is 2.04 bits per heavy atom. The summed E-state index contributed by atoms with van der Waals surface area (Å²) in [6, 6.07) is 6.52. The number of rotatable bonds is 5. The smallest absolute Gasteiger partial charge is 0.273 e. The molecule has 9 heteroatoms. The third kappa shape index (κ3) is 3.59. The molecule has 0 spiro atoms. The molecule has 0 saturated carbocycles. The molecule has 1 aromatic carbocycles. The Morgan fingerprint density at radius 3 is 2.57 bits per heavy atom. The van der Waals surface area contributed by atoms with Crippen molar-refractivity contribution in [3.63, 3.8) is 0 Å². The van der Waals surface area contributed by atoms with E-state index in [0.29, 0.717) is 0 Å². The van der Waals surface area contributed by atoms with E-state index in [-0.39, 0.29) is 28.4 Å². The zero-order valence-electron chi connectivity index (χ0n) is 12.0. The third-order valence-corrected chi connectivity index (χ3v) is 2.92. The minimum Gasteiger partial charge on any atom is -0.494 e. The van der Waals surface area contributed by atoms with Crippen LogP contribution in [-0.4, -0.2) is 28.8 Å². The van der Waals surface area contributed by atoms with Crippen LogP contribution in [0.5, 0.6) is 5.75 Å². The number of nitro groups is 1. The maximum atomic E-state index is 12.1. The zero-order valence-corrected chi connectivity index (χ0v) is 12.0. The largest absolute Gasteiger partial charge is 0.494 e. The maximum Gasteiger partial charge on any atom is 0.273 e. The fraction of sp³-hybridized carbons (Fsp3) is 0.0714. The molecular weight excluding hydrogens is 304 g/mol. The fourth-order valence-corrected chi connectivity index (χ4v) is 1.77. The van der Waals surface area contributed by atoms with Gasteiger partial charge in [-0.3, -0.25) is 24.7 Å². The van der Waals surface area contributed by atoms with Crippen molar-refractivity contribution in [2.24, 2.45) is 5.73 Å². The van der Waals surface area contributed by atoms with Gasteiger partial charge in [0.05, 0.1) is 29.4 Å². The summed E-state index contributed by atoms with van der Waals surface area (Å²) < 4.78 is 5.03. The van der Waals surface area contributed by atoms with Crippen LogP contribution in [0.15, 0.2) is 36.5 Å². The SMILES string of the molecule is COc1cc([N+](=O)[O-])ccc1NC(=O)c1ccc(C(N)=O)nc1. The quantitative estimate of drug-likeness (QED) is 0.630. The molecule has 0 aliphatic rings. The molecule has 23 heavy (non-hydrogen) atoms. The number of benzene rings is 1. The molecule has 0 aliphatic heterocycles. The minimum atomic E-state index is -0.700. The molecule has 0 aliphatic carbocycles. The number of non-ortho nitro benzene ring substituents is 1. The lowest BCUT2D eigenvalue weighted by Gasteiger charge is -2.10. The van der Waals surface area contributed by atoms with E-state index in [1.807, 2.05) is 0 Å². The first kappa shape index (κ1) is 15.9. The molecular formula is C14H12N4O5. The highest BCUT2D eigenvalue weighted by atomic mass is 16.6. The van der Waals surface area contributed by atoms with E-state index < -0.39 is 16.7 Å². The highest BCUT2D eigenvalue weighted by molar-refractivity contribution is 6.05. The first-order chi connectivity index (χ1) is 10.9. The van der Waals surface area contributed by atoms with Crippen molar-refractivity contribution in [2.45, 2.75) is 0 Å². The number of primary amides is 1. The summed E-state index contributed by atoms with van der Waals surface area (Å²) >= 11 is 0. The summed E-state index contributed by atoms with van der Waals surface area (Å²) in [5.41, 5.74) is 5.40. The molecule has 9 nitrogen and oxygen atoms in total. The molecule has 0 bridgehead atoms. The number of nitrogens with zero attached hydrogens (tertiary/aromatic N) is 2. The van der Waals surface area contributed by atoms with Crippen molar-refractivity contribution in [1.29, 1.82) is 0 Å². The average Bonchev–Trinajstić information content (AvgIpc) is 2.55. The number of pyridine rings is 1. The number of methoxy groups -OCH3 is 1. The van der Waals surface area contributed by atoms with Crippen LogP contribution in [-0.2, 0) is 0 Å². The number of hydrogen-bond acceptors (Lipinski definition) is 6. The number of nitrogens with two attached hydrogens (primary N) is 1. The Morgan fingerprint density at radius 1 is 1.30 bits per heavy atom. The van der Waals surface area contributed by atoms with E-state index in [4.69, 9.17) is 10.5 Å². The molecule has 2 rings (SSSR count). The predicted molar refractivity (Wildman–Crippen MR) is 80.4 cm³/mol. The number of ether oxygens (including phenoxy) is 1. The van der Waals surface area contributed by atoms with Crippen molar-refractivity contribution in [3.8, 4) is 5.75 Å².